The summed E-state index contributed by atoms with van der Waals surface area (Å²) >= 11 is 0. The van der Waals surface area contributed by atoms with Crippen molar-refractivity contribution in [3.63, 3.8) is 0 Å². The Kier molecular flexibility index (Phi) is 13.6. The van der Waals surface area contributed by atoms with Crippen LogP contribution in [0.25, 0.3) is 0 Å². The third-order valence-corrected chi connectivity index (χ3v) is 13.7. The van der Waals surface area contributed by atoms with Crippen LogP contribution in [0.2, 0.25) is 0 Å². The second-order valence-electron chi connectivity index (χ2n) is 11.9. The van der Waals surface area contributed by atoms with Crippen LogP contribution in [-0.4, -0.2) is 41.8 Å². The summed E-state index contributed by atoms with van der Waals surface area (Å²) in [6.07, 6.45) is 5.64. The minimum absolute atomic E-state index is 0.395. The van der Waals surface area contributed by atoms with Crippen molar-refractivity contribution in [1.29, 1.82) is 0 Å². The van der Waals surface area contributed by atoms with E-state index in [2.05, 4.69) is 160 Å². The van der Waals surface area contributed by atoms with Crippen molar-refractivity contribution in [2.24, 2.45) is 15.9 Å². The maximum absolute atomic E-state index is 5.13. The molecule has 5 aromatic rings. The van der Waals surface area contributed by atoms with Gasteiger partial charge in [-0.3, -0.25) is 9.98 Å². The maximum atomic E-state index is 5.13. The third-order valence-electron chi connectivity index (χ3n) is 8.38. The summed E-state index contributed by atoms with van der Waals surface area (Å²) in [6, 6.07) is 50.2. The molecule has 0 aliphatic rings. The summed E-state index contributed by atoms with van der Waals surface area (Å²) in [5.41, 5.74) is 3.87. The van der Waals surface area contributed by atoms with E-state index in [4.69, 9.17) is 15.0 Å². The van der Waals surface area contributed by atoms with Gasteiger partial charge in [-0.2, -0.15) is 0 Å². The van der Waals surface area contributed by atoms with Crippen molar-refractivity contribution >= 4 is 48.5 Å². The largest absolute Gasteiger partial charge is 0.288 e. The molecule has 0 saturated heterocycles. The Bertz CT molecular complexity index is 1610. The zero-order valence-electron chi connectivity index (χ0n) is 28.0. The van der Waals surface area contributed by atoms with E-state index in [-0.39, 0.29) is 0 Å². The van der Waals surface area contributed by atoms with Crippen LogP contribution in [0.5, 0.6) is 0 Å². The molecule has 1 unspecified atom stereocenters. The fourth-order valence-electron chi connectivity index (χ4n) is 5.85. The lowest BCUT2D eigenvalue weighted by Crippen LogP contribution is -2.20. The lowest BCUT2D eigenvalue weighted by Gasteiger charge is -2.24. The molecule has 240 valence electrons. The smallest absolute Gasteiger partial charge is 0.0845 e. The number of aromatic nitrogens is 1. The Morgan fingerprint density at radius 3 is 1.49 bits per heavy atom. The van der Waals surface area contributed by atoms with Crippen LogP contribution in [0.4, 0.5) is 0 Å². The Balaban J connectivity index is 1.23. The van der Waals surface area contributed by atoms with Crippen molar-refractivity contribution in [2.75, 3.05) is 25.4 Å². The number of benzene rings is 4. The molecule has 1 heterocycles. The Morgan fingerprint density at radius 1 is 0.574 bits per heavy atom. The van der Waals surface area contributed by atoms with Gasteiger partial charge in [0.1, 0.15) is 0 Å². The highest BCUT2D eigenvalue weighted by Crippen LogP contribution is 2.37. The lowest BCUT2D eigenvalue weighted by molar-refractivity contribution is 0.544. The van der Waals surface area contributed by atoms with Crippen LogP contribution in [-0.2, 0) is 0 Å². The third kappa shape index (κ3) is 10.4. The van der Waals surface area contributed by atoms with Crippen molar-refractivity contribution < 1.29 is 0 Å². The molecular weight excluding hydrogens is 608 g/mol. The predicted octanol–water partition coefficient (Wildman–Crippen LogP) is 8.77. The lowest BCUT2D eigenvalue weighted by atomic mass is 10.1. The van der Waals surface area contributed by atoms with E-state index in [1.165, 1.54) is 27.6 Å². The van der Waals surface area contributed by atoms with E-state index in [1.54, 1.807) is 0 Å². The van der Waals surface area contributed by atoms with Gasteiger partial charge in [-0.05, 0) is 94.1 Å². The zero-order chi connectivity index (χ0) is 32.7. The molecule has 1 aromatic heterocycles. The normalized spacial score (nSPS) is 12.9. The van der Waals surface area contributed by atoms with Crippen LogP contribution in [0.3, 0.4) is 0 Å². The summed E-state index contributed by atoms with van der Waals surface area (Å²) in [6.45, 7) is 8.10. The SMILES string of the molecule is CCCC(CN=C(C)c1cccc(C(C)=NCCCP(c2ccccc2)c2ccccc2)n1)CP(c1ccccc1)c1ccccc1. The van der Waals surface area contributed by atoms with E-state index in [1.807, 2.05) is 0 Å². The first-order valence-corrected chi connectivity index (χ1v) is 19.9. The second kappa shape index (κ2) is 18.5. The molecule has 47 heavy (non-hydrogen) atoms. The molecule has 0 fully saturated rings. The van der Waals surface area contributed by atoms with Crippen LogP contribution in [0, 0.1) is 5.92 Å². The first-order chi connectivity index (χ1) is 23.1. The molecule has 0 spiro atoms. The molecule has 4 aromatic carbocycles. The van der Waals surface area contributed by atoms with Gasteiger partial charge in [0.05, 0.1) is 22.8 Å². The van der Waals surface area contributed by atoms with Gasteiger partial charge in [0, 0.05) is 13.1 Å². The van der Waals surface area contributed by atoms with E-state index in [0.717, 1.165) is 61.1 Å². The fourth-order valence-corrected chi connectivity index (χ4v) is 10.8. The molecule has 5 heteroatoms. The Labute approximate surface area is 284 Å². The van der Waals surface area contributed by atoms with Crippen molar-refractivity contribution in [2.45, 2.75) is 40.0 Å². The van der Waals surface area contributed by atoms with Gasteiger partial charge >= 0.3 is 0 Å². The average molecular weight is 656 g/mol. The quantitative estimate of drug-likeness (QED) is 0.0595. The molecule has 0 N–H and O–H groups in total. The number of nitrogens with zero attached hydrogens (tertiary/aromatic N) is 3. The number of hydrogen-bond acceptors (Lipinski definition) is 3. The first kappa shape index (κ1) is 34.6. The summed E-state index contributed by atoms with van der Waals surface area (Å²) < 4.78 is 0. The Morgan fingerprint density at radius 2 is 1.02 bits per heavy atom. The minimum atomic E-state index is -0.439. The number of hydrogen-bond donors (Lipinski definition) is 0. The highest BCUT2D eigenvalue weighted by atomic mass is 31.1. The molecule has 3 nitrogen and oxygen atoms in total. The molecule has 0 aliphatic carbocycles. The maximum Gasteiger partial charge on any atom is 0.0845 e. The molecule has 1 atom stereocenters. The van der Waals surface area contributed by atoms with Crippen LogP contribution in [0.1, 0.15) is 51.4 Å². The van der Waals surface area contributed by atoms with Crippen LogP contribution < -0.4 is 21.2 Å². The topological polar surface area (TPSA) is 37.6 Å². The zero-order valence-corrected chi connectivity index (χ0v) is 29.8. The van der Waals surface area contributed by atoms with Gasteiger partial charge in [0.2, 0.25) is 0 Å². The predicted molar refractivity (Wildman–Crippen MR) is 209 cm³/mol. The average Bonchev–Trinajstić information content (AvgIpc) is 3.14. The van der Waals surface area contributed by atoms with Gasteiger partial charge in [-0.15, -0.1) is 0 Å². The summed E-state index contributed by atoms with van der Waals surface area (Å²) in [4.78, 5) is 15.1. The van der Waals surface area contributed by atoms with Gasteiger partial charge in [-0.1, -0.05) is 141 Å². The number of aliphatic imine (C=N–C) groups is 2. The summed E-state index contributed by atoms with van der Waals surface area (Å²) in [5, 5.41) is 5.74. The van der Waals surface area contributed by atoms with Crippen molar-refractivity contribution in [3.05, 3.63) is 151 Å². The van der Waals surface area contributed by atoms with Gasteiger partial charge in [0.15, 0.2) is 0 Å². The molecule has 0 radical (unpaired) electrons. The monoisotopic (exact) mass is 655 g/mol. The molecule has 0 amide bonds. The van der Waals surface area contributed by atoms with E-state index in [0.29, 0.717) is 5.92 Å². The van der Waals surface area contributed by atoms with Gasteiger partial charge < -0.3 is 0 Å². The van der Waals surface area contributed by atoms with Gasteiger partial charge in [0.25, 0.3) is 0 Å². The van der Waals surface area contributed by atoms with Crippen LogP contribution >= 0.6 is 15.8 Å². The second-order valence-corrected chi connectivity index (χ2v) is 16.5. The summed E-state index contributed by atoms with van der Waals surface area (Å²) in [7, 11) is -0.833. The first-order valence-electron chi connectivity index (χ1n) is 16.9. The van der Waals surface area contributed by atoms with E-state index in [9.17, 15) is 0 Å². The van der Waals surface area contributed by atoms with E-state index < -0.39 is 15.8 Å². The highest BCUT2D eigenvalue weighted by Gasteiger charge is 2.19. The molecular formula is C42H47N3P2. The number of rotatable bonds is 16. The molecule has 0 saturated carbocycles. The standard InChI is InChI=1S/C42H47N3P2/c1-4-19-36(33-47(39-24-13-7-14-25-39)40-26-15-8-16-27-40)32-44-35(3)42-29-17-28-41(45-42)34(2)43-30-18-31-46(37-20-9-5-10-21-37)38-22-11-6-12-23-38/h5-17,20-29,36H,4,18-19,30-33H2,1-3H3. The van der Waals surface area contributed by atoms with Crippen molar-refractivity contribution in [3.8, 4) is 0 Å². The number of pyridine rings is 1. The highest BCUT2D eigenvalue weighted by molar-refractivity contribution is 7.73. The van der Waals surface area contributed by atoms with Crippen LogP contribution in [0.15, 0.2) is 150 Å². The van der Waals surface area contributed by atoms with Crippen molar-refractivity contribution in [1.82, 2.24) is 4.98 Å². The van der Waals surface area contributed by atoms with Gasteiger partial charge in [-0.25, -0.2) is 4.98 Å². The summed E-state index contributed by atoms with van der Waals surface area (Å²) in [5.74, 6) is 0.519. The molecule has 5 rings (SSSR count). The minimum Gasteiger partial charge on any atom is -0.288 e. The molecule has 0 aliphatic heterocycles. The van der Waals surface area contributed by atoms with E-state index >= 15 is 0 Å². The molecule has 0 bridgehead atoms. The Hall–Kier alpha value is -3.77. The fraction of sp³-hybridized carbons (Fsp3) is 0.262.